The maximum Gasteiger partial charge on any atom is 0.144 e. The van der Waals surface area contributed by atoms with Gasteiger partial charge in [-0.3, -0.25) is 4.98 Å². The summed E-state index contributed by atoms with van der Waals surface area (Å²) >= 11 is 0. The third-order valence-corrected chi connectivity index (χ3v) is 4.88. The predicted octanol–water partition coefficient (Wildman–Crippen LogP) is 3.16. The number of quaternary nitrogens is 1. The zero-order valence-electron chi connectivity index (χ0n) is 14.6. The molecule has 3 aromatic rings. The van der Waals surface area contributed by atoms with Crippen molar-refractivity contribution >= 4 is 10.8 Å². The molecule has 2 heterocycles. The van der Waals surface area contributed by atoms with E-state index in [9.17, 15) is 8.78 Å². The molecule has 0 spiro atoms. The normalized spacial score (nSPS) is 14.9. The van der Waals surface area contributed by atoms with Crippen LogP contribution in [0.2, 0.25) is 0 Å². The van der Waals surface area contributed by atoms with Crippen LogP contribution < -0.4 is 10.1 Å². The fourth-order valence-corrected chi connectivity index (χ4v) is 3.47. The van der Waals surface area contributed by atoms with Gasteiger partial charge in [0.1, 0.15) is 35.1 Å². The van der Waals surface area contributed by atoms with Crippen LogP contribution in [0.3, 0.4) is 0 Å². The Morgan fingerprint density at radius 3 is 2.48 bits per heavy atom. The lowest BCUT2D eigenvalue weighted by molar-refractivity contribution is -0.664. The summed E-state index contributed by atoms with van der Waals surface area (Å²) in [6, 6.07) is 9.40. The molecule has 0 aliphatic carbocycles. The number of piperidine rings is 1. The number of halogens is 2. The standard InChI is InChI=1S/C21H17F2N3O/c22-19-8-15(9-20(23)17(19)11-24)14-7-13-1-4-26-12-18(13)21(10-14)27-16-2-5-25-6-3-16/h1,4,7-10,12,16,25H,2-3,5-6H2/p+1. The molecule has 136 valence electrons. The van der Waals surface area contributed by atoms with Gasteiger partial charge in [-0.05, 0) is 46.8 Å². The first-order chi connectivity index (χ1) is 13.2. The Morgan fingerprint density at radius 2 is 1.78 bits per heavy atom. The minimum atomic E-state index is -0.868. The van der Waals surface area contributed by atoms with E-state index in [0.717, 1.165) is 36.7 Å². The number of pyridine rings is 1. The second-order valence-electron chi connectivity index (χ2n) is 6.68. The monoisotopic (exact) mass is 366 g/mol. The topological polar surface area (TPSA) is 62.5 Å². The predicted molar refractivity (Wildman–Crippen MR) is 97.1 cm³/mol. The molecule has 0 amide bonds. The summed E-state index contributed by atoms with van der Waals surface area (Å²) in [7, 11) is 0. The lowest BCUT2D eigenvalue weighted by Gasteiger charge is -2.23. The van der Waals surface area contributed by atoms with Gasteiger partial charge >= 0.3 is 0 Å². The van der Waals surface area contributed by atoms with Crippen LogP contribution in [-0.4, -0.2) is 24.2 Å². The highest BCUT2D eigenvalue weighted by atomic mass is 19.1. The molecule has 0 radical (unpaired) electrons. The third kappa shape index (κ3) is 3.46. The molecular weight excluding hydrogens is 348 g/mol. The third-order valence-electron chi connectivity index (χ3n) is 4.88. The van der Waals surface area contributed by atoms with Crippen molar-refractivity contribution in [2.24, 2.45) is 0 Å². The van der Waals surface area contributed by atoms with Gasteiger partial charge in [0, 0.05) is 30.6 Å². The van der Waals surface area contributed by atoms with E-state index in [4.69, 9.17) is 10.00 Å². The van der Waals surface area contributed by atoms with Gasteiger partial charge in [-0.25, -0.2) is 8.78 Å². The molecule has 0 atom stereocenters. The maximum atomic E-state index is 14.1. The number of rotatable bonds is 3. The Labute approximate surface area is 155 Å². The van der Waals surface area contributed by atoms with Gasteiger partial charge in [0.25, 0.3) is 0 Å². The first-order valence-corrected chi connectivity index (χ1v) is 8.91. The zero-order valence-corrected chi connectivity index (χ0v) is 14.6. The van der Waals surface area contributed by atoms with Gasteiger partial charge in [0.05, 0.1) is 13.1 Å². The van der Waals surface area contributed by atoms with Crippen molar-refractivity contribution < 1.29 is 18.8 Å². The van der Waals surface area contributed by atoms with Gasteiger partial charge in [-0.1, -0.05) is 0 Å². The largest absolute Gasteiger partial charge is 0.489 e. The Kier molecular flexibility index (Phi) is 4.69. The van der Waals surface area contributed by atoms with Crippen molar-refractivity contribution in [1.82, 2.24) is 4.98 Å². The quantitative estimate of drug-likeness (QED) is 0.775. The number of hydrogen-bond donors (Lipinski definition) is 1. The van der Waals surface area contributed by atoms with Crippen LogP contribution in [-0.2, 0) is 0 Å². The molecule has 2 N–H and O–H groups in total. The van der Waals surface area contributed by atoms with E-state index < -0.39 is 17.2 Å². The van der Waals surface area contributed by atoms with Crippen molar-refractivity contribution in [2.45, 2.75) is 18.9 Å². The summed E-state index contributed by atoms with van der Waals surface area (Å²) in [5, 5.41) is 12.9. The molecule has 0 bridgehead atoms. The summed E-state index contributed by atoms with van der Waals surface area (Å²) in [5.41, 5.74) is 0.427. The smallest absolute Gasteiger partial charge is 0.144 e. The van der Waals surface area contributed by atoms with E-state index >= 15 is 0 Å². The first kappa shape index (κ1) is 17.4. The van der Waals surface area contributed by atoms with Crippen LogP contribution in [0.4, 0.5) is 8.78 Å². The van der Waals surface area contributed by atoms with E-state index in [1.54, 1.807) is 24.5 Å². The van der Waals surface area contributed by atoms with Crippen LogP contribution in [0, 0.1) is 23.0 Å². The summed E-state index contributed by atoms with van der Waals surface area (Å²) in [6.45, 7) is 2.04. The molecular formula is C21H18F2N3O+. The van der Waals surface area contributed by atoms with E-state index in [-0.39, 0.29) is 6.10 Å². The number of fused-ring (bicyclic) bond motifs is 1. The molecule has 4 rings (SSSR count). The van der Waals surface area contributed by atoms with Crippen LogP contribution in [0.15, 0.2) is 42.7 Å². The molecule has 1 aromatic heterocycles. The highest BCUT2D eigenvalue weighted by Gasteiger charge is 2.19. The van der Waals surface area contributed by atoms with Gasteiger partial charge in [0.2, 0.25) is 0 Å². The summed E-state index contributed by atoms with van der Waals surface area (Å²) in [4.78, 5) is 4.18. The van der Waals surface area contributed by atoms with Crippen LogP contribution in [0.5, 0.6) is 5.75 Å². The summed E-state index contributed by atoms with van der Waals surface area (Å²) < 4.78 is 34.4. The number of hydrogen-bond acceptors (Lipinski definition) is 3. The minimum Gasteiger partial charge on any atom is -0.489 e. The van der Waals surface area contributed by atoms with Crippen molar-refractivity contribution in [3.63, 3.8) is 0 Å². The Bertz CT molecular complexity index is 1020. The molecule has 1 saturated heterocycles. The molecule has 2 aromatic carbocycles. The first-order valence-electron chi connectivity index (χ1n) is 8.91. The highest BCUT2D eigenvalue weighted by molar-refractivity contribution is 5.92. The molecule has 27 heavy (non-hydrogen) atoms. The van der Waals surface area contributed by atoms with Crippen molar-refractivity contribution in [2.75, 3.05) is 13.1 Å². The van der Waals surface area contributed by atoms with Crippen LogP contribution in [0.1, 0.15) is 18.4 Å². The molecule has 1 fully saturated rings. The number of nitrogens with two attached hydrogens (primary N) is 1. The van der Waals surface area contributed by atoms with Gasteiger partial charge in [0.15, 0.2) is 0 Å². The number of ether oxygens (including phenoxy) is 1. The fraction of sp³-hybridized carbons (Fsp3) is 0.238. The highest BCUT2D eigenvalue weighted by Crippen LogP contribution is 2.34. The van der Waals surface area contributed by atoms with E-state index in [1.807, 2.05) is 12.1 Å². The molecule has 0 unspecified atom stereocenters. The summed E-state index contributed by atoms with van der Waals surface area (Å²) in [5.74, 6) is -1.08. The second kappa shape index (κ2) is 7.29. The van der Waals surface area contributed by atoms with Crippen molar-refractivity contribution in [3.05, 3.63) is 59.9 Å². The Morgan fingerprint density at radius 1 is 1.07 bits per heavy atom. The molecule has 0 saturated carbocycles. The molecule has 6 heteroatoms. The van der Waals surface area contributed by atoms with Crippen molar-refractivity contribution in [1.29, 1.82) is 5.26 Å². The molecule has 4 nitrogen and oxygen atoms in total. The Hall–Kier alpha value is -3.04. The van der Waals surface area contributed by atoms with E-state index in [1.165, 1.54) is 12.1 Å². The zero-order chi connectivity index (χ0) is 18.8. The lowest BCUT2D eigenvalue weighted by Crippen LogP contribution is -2.86. The van der Waals surface area contributed by atoms with E-state index in [0.29, 0.717) is 16.9 Å². The van der Waals surface area contributed by atoms with Gasteiger partial charge in [-0.15, -0.1) is 0 Å². The minimum absolute atomic E-state index is 0.114. The average molecular weight is 366 g/mol. The lowest BCUT2D eigenvalue weighted by atomic mass is 9.99. The number of nitriles is 1. The van der Waals surface area contributed by atoms with E-state index in [2.05, 4.69) is 10.3 Å². The number of aromatic nitrogens is 1. The van der Waals surface area contributed by atoms with Crippen LogP contribution in [0.25, 0.3) is 21.9 Å². The second-order valence-corrected chi connectivity index (χ2v) is 6.68. The van der Waals surface area contributed by atoms with Gasteiger partial charge in [-0.2, -0.15) is 5.26 Å². The molecule has 1 aliphatic rings. The average Bonchev–Trinajstić information content (AvgIpc) is 2.68. The van der Waals surface area contributed by atoms with Crippen LogP contribution >= 0.6 is 0 Å². The van der Waals surface area contributed by atoms with Crippen molar-refractivity contribution in [3.8, 4) is 22.9 Å². The number of benzene rings is 2. The van der Waals surface area contributed by atoms with Gasteiger partial charge < -0.3 is 10.1 Å². The summed E-state index contributed by atoms with van der Waals surface area (Å²) in [6.07, 6.45) is 5.43. The SMILES string of the molecule is N#Cc1c(F)cc(-c2cc(OC3CC[NH2+]CC3)c3cnccc3c2)cc1F. The number of nitrogens with zero attached hydrogens (tertiary/aromatic N) is 2. The maximum absolute atomic E-state index is 14.1. The Balaban J connectivity index is 1.81. The molecule has 1 aliphatic heterocycles. The fourth-order valence-electron chi connectivity index (χ4n) is 3.47.